The maximum atomic E-state index is 11.7. The van der Waals surface area contributed by atoms with Crippen LogP contribution < -0.4 is 5.56 Å². The summed E-state index contributed by atoms with van der Waals surface area (Å²) < 4.78 is 3.47. The van der Waals surface area contributed by atoms with Crippen molar-refractivity contribution in [1.29, 1.82) is 0 Å². The molecule has 0 unspecified atom stereocenters. The smallest absolute Gasteiger partial charge is 0.250 e. The molecule has 0 N–H and O–H groups in total. The maximum absolute atomic E-state index is 11.7. The molecule has 0 amide bonds. The number of benzene rings is 1. The molecular formula is C19H15N3O. The van der Waals surface area contributed by atoms with Gasteiger partial charge in [0.15, 0.2) is 0 Å². The van der Waals surface area contributed by atoms with Gasteiger partial charge in [0.05, 0.1) is 5.52 Å². The SMILES string of the molecule is Cn1cc(-c2c(-c3ccccc3)nn3ccccc23)ccc1=O. The van der Waals surface area contributed by atoms with Crippen LogP contribution in [-0.4, -0.2) is 14.2 Å². The van der Waals surface area contributed by atoms with Gasteiger partial charge < -0.3 is 4.57 Å². The lowest BCUT2D eigenvalue weighted by Crippen LogP contribution is -2.13. The zero-order valence-electron chi connectivity index (χ0n) is 12.7. The lowest BCUT2D eigenvalue weighted by Gasteiger charge is -2.05. The molecule has 0 atom stereocenters. The van der Waals surface area contributed by atoms with E-state index in [2.05, 4.69) is 0 Å². The van der Waals surface area contributed by atoms with Crippen molar-refractivity contribution in [1.82, 2.24) is 14.2 Å². The number of fused-ring (bicyclic) bond motifs is 1. The second-order valence-corrected chi connectivity index (χ2v) is 5.49. The molecule has 1 aromatic carbocycles. The van der Waals surface area contributed by atoms with Crippen molar-refractivity contribution in [3.8, 4) is 22.4 Å². The van der Waals surface area contributed by atoms with E-state index in [-0.39, 0.29) is 5.56 Å². The topological polar surface area (TPSA) is 39.3 Å². The highest BCUT2D eigenvalue weighted by molar-refractivity contribution is 5.91. The van der Waals surface area contributed by atoms with E-state index in [1.807, 2.05) is 71.5 Å². The van der Waals surface area contributed by atoms with Gasteiger partial charge in [-0.15, -0.1) is 0 Å². The van der Waals surface area contributed by atoms with Crippen molar-refractivity contribution in [3.05, 3.63) is 83.4 Å². The fraction of sp³-hybridized carbons (Fsp3) is 0.0526. The predicted molar refractivity (Wildman–Crippen MR) is 91.3 cm³/mol. The zero-order valence-corrected chi connectivity index (χ0v) is 12.7. The number of aryl methyl sites for hydroxylation is 1. The van der Waals surface area contributed by atoms with Crippen LogP contribution in [0.25, 0.3) is 27.9 Å². The Balaban J connectivity index is 2.07. The first-order valence-corrected chi connectivity index (χ1v) is 7.44. The summed E-state index contributed by atoms with van der Waals surface area (Å²) in [6.07, 6.45) is 3.80. The van der Waals surface area contributed by atoms with Gasteiger partial charge in [-0.05, 0) is 18.2 Å². The van der Waals surface area contributed by atoms with Gasteiger partial charge in [-0.2, -0.15) is 5.10 Å². The Hall–Kier alpha value is -3.14. The van der Waals surface area contributed by atoms with Crippen LogP contribution in [0.5, 0.6) is 0 Å². The summed E-state index contributed by atoms with van der Waals surface area (Å²) in [5.74, 6) is 0. The Kier molecular flexibility index (Phi) is 3.08. The van der Waals surface area contributed by atoms with E-state index in [0.29, 0.717) is 0 Å². The molecule has 0 spiro atoms. The van der Waals surface area contributed by atoms with Crippen LogP contribution in [0.3, 0.4) is 0 Å². The van der Waals surface area contributed by atoms with Gasteiger partial charge in [0.25, 0.3) is 0 Å². The van der Waals surface area contributed by atoms with Crippen molar-refractivity contribution in [2.45, 2.75) is 0 Å². The Morgan fingerprint density at radius 2 is 1.65 bits per heavy atom. The molecule has 0 aliphatic carbocycles. The Morgan fingerprint density at radius 1 is 0.870 bits per heavy atom. The Morgan fingerprint density at radius 3 is 2.43 bits per heavy atom. The normalized spacial score (nSPS) is 11.0. The van der Waals surface area contributed by atoms with E-state index >= 15 is 0 Å². The van der Waals surface area contributed by atoms with Crippen LogP contribution in [0.1, 0.15) is 0 Å². The van der Waals surface area contributed by atoms with Crippen LogP contribution in [0.15, 0.2) is 77.9 Å². The van der Waals surface area contributed by atoms with Gasteiger partial charge in [0.1, 0.15) is 5.69 Å². The second kappa shape index (κ2) is 5.25. The molecule has 23 heavy (non-hydrogen) atoms. The number of aromatic nitrogens is 3. The van der Waals surface area contributed by atoms with Gasteiger partial charge in [-0.1, -0.05) is 36.4 Å². The number of nitrogens with zero attached hydrogens (tertiary/aromatic N) is 3. The predicted octanol–water partition coefficient (Wildman–Crippen LogP) is 3.37. The van der Waals surface area contributed by atoms with Crippen molar-refractivity contribution in [2.24, 2.45) is 7.05 Å². The van der Waals surface area contributed by atoms with Crippen molar-refractivity contribution < 1.29 is 0 Å². The van der Waals surface area contributed by atoms with E-state index in [0.717, 1.165) is 27.9 Å². The van der Waals surface area contributed by atoms with Crippen molar-refractivity contribution >= 4 is 5.52 Å². The molecule has 0 saturated heterocycles. The third kappa shape index (κ3) is 2.25. The first kappa shape index (κ1) is 13.5. The number of pyridine rings is 2. The van der Waals surface area contributed by atoms with Crippen LogP contribution in [0.4, 0.5) is 0 Å². The lowest BCUT2D eigenvalue weighted by atomic mass is 10.0. The van der Waals surface area contributed by atoms with Gasteiger partial charge in [-0.25, -0.2) is 4.52 Å². The number of hydrogen-bond donors (Lipinski definition) is 0. The molecule has 3 heterocycles. The molecule has 0 saturated carbocycles. The molecule has 4 heteroatoms. The standard InChI is InChI=1S/C19H15N3O/c1-21-13-15(10-11-17(21)23)18-16-9-5-6-12-22(16)20-19(18)14-7-3-2-4-8-14/h2-13H,1H3. The average Bonchev–Trinajstić information content (AvgIpc) is 2.98. The van der Waals surface area contributed by atoms with Crippen molar-refractivity contribution in [3.63, 3.8) is 0 Å². The van der Waals surface area contributed by atoms with Crippen LogP contribution >= 0.6 is 0 Å². The van der Waals surface area contributed by atoms with E-state index in [1.165, 1.54) is 0 Å². The minimum atomic E-state index is -0.0218. The molecule has 0 fully saturated rings. The lowest BCUT2D eigenvalue weighted by molar-refractivity contribution is 0.862. The minimum Gasteiger partial charge on any atom is -0.318 e. The second-order valence-electron chi connectivity index (χ2n) is 5.49. The molecule has 0 aliphatic heterocycles. The van der Waals surface area contributed by atoms with Crippen molar-refractivity contribution in [2.75, 3.05) is 0 Å². The van der Waals surface area contributed by atoms with E-state index in [9.17, 15) is 4.79 Å². The molecule has 0 bridgehead atoms. The van der Waals surface area contributed by atoms with E-state index < -0.39 is 0 Å². The highest BCUT2D eigenvalue weighted by Crippen LogP contribution is 2.34. The molecule has 4 nitrogen and oxygen atoms in total. The molecule has 0 radical (unpaired) electrons. The first-order valence-electron chi connectivity index (χ1n) is 7.44. The van der Waals surface area contributed by atoms with Gasteiger partial charge in [0.2, 0.25) is 5.56 Å². The molecule has 3 aromatic heterocycles. The Bertz CT molecular complexity index is 1050. The van der Waals surface area contributed by atoms with Crippen LogP contribution in [0, 0.1) is 0 Å². The quantitative estimate of drug-likeness (QED) is 0.569. The average molecular weight is 301 g/mol. The van der Waals surface area contributed by atoms with Crippen LogP contribution in [-0.2, 0) is 7.05 Å². The fourth-order valence-corrected chi connectivity index (χ4v) is 2.82. The third-order valence-electron chi connectivity index (χ3n) is 3.96. The summed E-state index contributed by atoms with van der Waals surface area (Å²) in [6.45, 7) is 0. The molecule has 4 aromatic rings. The number of rotatable bonds is 2. The minimum absolute atomic E-state index is 0.0218. The molecule has 0 aliphatic rings. The van der Waals surface area contributed by atoms with E-state index in [1.54, 1.807) is 17.7 Å². The van der Waals surface area contributed by atoms with Gasteiger partial charge >= 0.3 is 0 Å². The van der Waals surface area contributed by atoms with E-state index in [4.69, 9.17) is 5.10 Å². The molecule has 4 rings (SSSR count). The summed E-state index contributed by atoms with van der Waals surface area (Å²) in [7, 11) is 1.76. The molecular weight excluding hydrogens is 286 g/mol. The Labute approximate surface area is 133 Å². The first-order chi connectivity index (χ1) is 11.2. The third-order valence-corrected chi connectivity index (χ3v) is 3.96. The summed E-state index contributed by atoms with van der Waals surface area (Å²) in [5, 5.41) is 4.74. The van der Waals surface area contributed by atoms with Crippen LogP contribution in [0.2, 0.25) is 0 Å². The van der Waals surface area contributed by atoms with Gasteiger partial charge in [-0.3, -0.25) is 4.79 Å². The van der Waals surface area contributed by atoms with Gasteiger partial charge in [0, 0.05) is 42.2 Å². The zero-order chi connectivity index (χ0) is 15.8. The maximum Gasteiger partial charge on any atom is 0.250 e. The summed E-state index contributed by atoms with van der Waals surface area (Å²) >= 11 is 0. The largest absolute Gasteiger partial charge is 0.318 e. The fourth-order valence-electron chi connectivity index (χ4n) is 2.82. The summed E-state index contributed by atoms with van der Waals surface area (Å²) in [6, 6.07) is 19.5. The summed E-state index contributed by atoms with van der Waals surface area (Å²) in [5.41, 5.74) is 4.98. The highest BCUT2D eigenvalue weighted by Gasteiger charge is 2.16. The number of hydrogen-bond acceptors (Lipinski definition) is 2. The summed E-state index contributed by atoms with van der Waals surface area (Å²) in [4.78, 5) is 11.7. The molecule has 112 valence electrons. The highest BCUT2D eigenvalue weighted by atomic mass is 16.1. The monoisotopic (exact) mass is 301 g/mol.